The summed E-state index contributed by atoms with van der Waals surface area (Å²) in [6, 6.07) is 10.2. The molecule has 8 heteroatoms. The monoisotopic (exact) mass is 432 g/mol. The zero-order valence-electron chi connectivity index (χ0n) is 11.0. The van der Waals surface area contributed by atoms with Crippen molar-refractivity contribution in [2.75, 3.05) is 0 Å². The highest BCUT2D eigenvalue weighted by molar-refractivity contribution is 9.10. The molecule has 116 valence electrons. The van der Waals surface area contributed by atoms with Crippen LogP contribution in [0.3, 0.4) is 0 Å². The molecule has 2 amide bonds. The Morgan fingerprint density at radius 3 is 2.05 bits per heavy atom. The minimum absolute atomic E-state index is 0. The van der Waals surface area contributed by atoms with Crippen LogP contribution >= 0.6 is 31.9 Å². The Labute approximate surface area is 142 Å². The summed E-state index contributed by atoms with van der Waals surface area (Å²) in [6.07, 6.45) is 0. The molecule has 0 atom stereocenters. The second-order valence-electron chi connectivity index (χ2n) is 4.11. The molecule has 0 saturated heterocycles. The molecule has 0 fully saturated rings. The number of amides is 2. The van der Waals surface area contributed by atoms with Gasteiger partial charge in [-0.25, -0.2) is 15.2 Å². The number of hydrazine groups is 1. The first-order valence-electron chi connectivity index (χ1n) is 5.74. The molecule has 5 nitrogen and oxygen atoms in total. The molecule has 4 N–H and O–H groups in total. The molecular formula is C14H11Br2FN2O3. The fraction of sp³-hybridized carbons (Fsp3) is 0. The molecule has 0 saturated carbocycles. The van der Waals surface area contributed by atoms with Crippen LogP contribution in [-0.4, -0.2) is 22.3 Å². The van der Waals surface area contributed by atoms with E-state index in [2.05, 4.69) is 31.9 Å². The summed E-state index contributed by atoms with van der Waals surface area (Å²) in [6.45, 7) is 0. The summed E-state index contributed by atoms with van der Waals surface area (Å²) in [5.41, 5.74) is -0.0438. The van der Waals surface area contributed by atoms with Crippen LogP contribution in [0.25, 0.3) is 0 Å². The largest absolute Gasteiger partial charge is 0.412 e. The highest BCUT2D eigenvalue weighted by atomic mass is 79.9. The fourth-order valence-electron chi connectivity index (χ4n) is 1.62. The molecule has 0 aliphatic rings. The number of carbonyl (C=O) groups excluding carboxylic acids is 2. The molecule has 2 aromatic carbocycles. The van der Waals surface area contributed by atoms with Gasteiger partial charge in [0.2, 0.25) is 0 Å². The van der Waals surface area contributed by atoms with Crippen molar-refractivity contribution in [3.8, 4) is 0 Å². The Morgan fingerprint density at radius 2 is 1.50 bits per heavy atom. The lowest BCUT2D eigenvalue weighted by Crippen LogP contribution is -2.43. The normalized spacial score (nSPS) is 9.82. The quantitative estimate of drug-likeness (QED) is 0.341. The lowest BCUT2D eigenvalue weighted by atomic mass is 10.1. The molecule has 0 aromatic heterocycles. The first-order valence-corrected chi connectivity index (χ1v) is 7.33. The second-order valence-corrected chi connectivity index (χ2v) is 5.94. The minimum atomic E-state index is -0.909. The van der Waals surface area contributed by atoms with Gasteiger partial charge in [0.1, 0.15) is 5.82 Å². The Bertz CT molecular complexity index is 708. The first-order chi connectivity index (χ1) is 9.90. The Hall–Kier alpha value is -1.61. The van der Waals surface area contributed by atoms with E-state index < -0.39 is 17.6 Å². The molecule has 22 heavy (non-hydrogen) atoms. The van der Waals surface area contributed by atoms with Gasteiger partial charge < -0.3 is 5.48 Å². The van der Waals surface area contributed by atoms with Crippen LogP contribution in [0.4, 0.5) is 4.39 Å². The maximum absolute atomic E-state index is 13.7. The number of nitrogens with zero attached hydrogens (tertiary/aromatic N) is 1. The molecule has 0 unspecified atom stereocenters. The van der Waals surface area contributed by atoms with Gasteiger partial charge in [-0.05, 0) is 42.5 Å². The standard InChI is InChI=1S/C14H9Br2FN2O2.H2O/c15-9-3-1-8(2-4-9)13(20)19(18)14(21)11-6-5-10(16)7-12(11)17;/h1-7H,18H2;1H2. The third kappa shape index (κ3) is 3.98. The number of halogens is 3. The zero-order chi connectivity index (χ0) is 15.6. The third-order valence-electron chi connectivity index (χ3n) is 2.69. The maximum Gasteiger partial charge on any atom is 0.278 e. The van der Waals surface area contributed by atoms with E-state index in [1.807, 2.05) is 0 Å². The van der Waals surface area contributed by atoms with Crippen molar-refractivity contribution in [1.82, 2.24) is 5.01 Å². The molecule has 0 aliphatic carbocycles. The molecule has 0 bridgehead atoms. The van der Waals surface area contributed by atoms with Crippen LogP contribution in [0.5, 0.6) is 0 Å². The molecule has 2 rings (SSSR count). The van der Waals surface area contributed by atoms with E-state index in [9.17, 15) is 14.0 Å². The second kappa shape index (κ2) is 7.59. The van der Waals surface area contributed by atoms with Crippen molar-refractivity contribution in [3.63, 3.8) is 0 Å². The number of hydrogen-bond donors (Lipinski definition) is 1. The molecule has 0 radical (unpaired) electrons. The van der Waals surface area contributed by atoms with Crippen LogP contribution in [-0.2, 0) is 0 Å². The Balaban J connectivity index is 0.00000242. The molecule has 0 spiro atoms. The van der Waals surface area contributed by atoms with Gasteiger partial charge in [-0.2, -0.15) is 0 Å². The lowest BCUT2D eigenvalue weighted by molar-refractivity contribution is 0.0613. The van der Waals surface area contributed by atoms with E-state index in [0.29, 0.717) is 9.48 Å². The number of benzene rings is 2. The van der Waals surface area contributed by atoms with Crippen LogP contribution < -0.4 is 5.84 Å². The number of carbonyl (C=O) groups is 2. The molecule has 0 aliphatic heterocycles. The van der Waals surface area contributed by atoms with E-state index in [-0.39, 0.29) is 16.6 Å². The summed E-state index contributed by atoms with van der Waals surface area (Å²) in [5, 5.41) is 0.398. The lowest BCUT2D eigenvalue weighted by Gasteiger charge is -2.15. The van der Waals surface area contributed by atoms with Gasteiger partial charge in [0.15, 0.2) is 0 Å². The van der Waals surface area contributed by atoms with Gasteiger partial charge in [0.05, 0.1) is 5.56 Å². The van der Waals surface area contributed by atoms with Gasteiger partial charge in [-0.15, -0.1) is 0 Å². The Kier molecular flexibility index (Phi) is 6.36. The number of nitrogens with two attached hydrogens (primary N) is 1. The zero-order valence-corrected chi connectivity index (χ0v) is 14.2. The minimum Gasteiger partial charge on any atom is -0.412 e. The van der Waals surface area contributed by atoms with Crippen molar-refractivity contribution < 1.29 is 19.5 Å². The molecule has 2 aromatic rings. The first kappa shape index (κ1) is 18.4. The molecular weight excluding hydrogens is 423 g/mol. The molecule has 0 heterocycles. The van der Waals surface area contributed by atoms with Crippen LogP contribution in [0.2, 0.25) is 0 Å². The summed E-state index contributed by atoms with van der Waals surface area (Å²) in [5.74, 6) is 3.14. The summed E-state index contributed by atoms with van der Waals surface area (Å²) < 4.78 is 15.0. The van der Waals surface area contributed by atoms with E-state index >= 15 is 0 Å². The van der Waals surface area contributed by atoms with Crippen molar-refractivity contribution in [2.24, 2.45) is 5.84 Å². The van der Waals surface area contributed by atoms with Crippen molar-refractivity contribution in [1.29, 1.82) is 0 Å². The van der Waals surface area contributed by atoms with E-state index in [1.165, 1.54) is 24.3 Å². The van der Waals surface area contributed by atoms with Crippen LogP contribution in [0.15, 0.2) is 51.4 Å². The highest BCUT2D eigenvalue weighted by Crippen LogP contribution is 2.17. The number of hydrogen-bond acceptors (Lipinski definition) is 3. The van der Waals surface area contributed by atoms with Gasteiger partial charge >= 0.3 is 0 Å². The number of imide groups is 1. The summed E-state index contributed by atoms with van der Waals surface area (Å²) in [7, 11) is 0. The van der Waals surface area contributed by atoms with E-state index in [1.54, 1.807) is 12.1 Å². The predicted octanol–water partition coefficient (Wildman–Crippen LogP) is 2.68. The maximum atomic E-state index is 13.7. The Morgan fingerprint density at radius 1 is 0.955 bits per heavy atom. The number of rotatable bonds is 2. The van der Waals surface area contributed by atoms with Gasteiger partial charge in [-0.3, -0.25) is 9.59 Å². The average Bonchev–Trinajstić information content (AvgIpc) is 2.46. The van der Waals surface area contributed by atoms with E-state index in [0.717, 1.165) is 10.5 Å². The predicted molar refractivity (Wildman–Crippen MR) is 86.5 cm³/mol. The average molecular weight is 434 g/mol. The van der Waals surface area contributed by atoms with Gasteiger partial charge in [0.25, 0.3) is 11.8 Å². The highest BCUT2D eigenvalue weighted by Gasteiger charge is 2.23. The third-order valence-corrected chi connectivity index (χ3v) is 3.71. The van der Waals surface area contributed by atoms with E-state index in [4.69, 9.17) is 5.84 Å². The fourth-order valence-corrected chi connectivity index (χ4v) is 2.21. The van der Waals surface area contributed by atoms with Crippen molar-refractivity contribution in [3.05, 3.63) is 68.4 Å². The smallest absolute Gasteiger partial charge is 0.278 e. The van der Waals surface area contributed by atoms with Crippen LogP contribution in [0, 0.1) is 5.82 Å². The van der Waals surface area contributed by atoms with Gasteiger partial charge in [-0.1, -0.05) is 31.9 Å². The summed E-state index contributed by atoms with van der Waals surface area (Å²) >= 11 is 6.32. The van der Waals surface area contributed by atoms with Crippen molar-refractivity contribution in [2.45, 2.75) is 0 Å². The SMILES string of the molecule is NN(C(=O)c1ccc(Br)cc1)C(=O)c1ccc(Br)cc1F.O. The van der Waals surface area contributed by atoms with Gasteiger partial charge in [0, 0.05) is 14.5 Å². The topological polar surface area (TPSA) is 94.9 Å². The summed E-state index contributed by atoms with van der Waals surface area (Å²) in [4.78, 5) is 24.2. The van der Waals surface area contributed by atoms with Crippen molar-refractivity contribution >= 4 is 43.7 Å². The van der Waals surface area contributed by atoms with Crippen LogP contribution in [0.1, 0.15) is 20.7 Å².